The third kappa shape index (κ3) is 7.17. The van der Waals surface area contributed by atoms with E-state index in [9.17, 15) is 21.6 Å². The number of nitrogens with zero attached hydrogens (tertiary/aromatic N) is 2. The van der Waals surface area contributed by atoms with Gasteiger partial charge in [-0.3, -0.25) is 4.99 Å². The van der Waals surface area contributed by atoms with Gasteiger partial charge in [0, 0.05) is 32.7 Å². The number of hydrogen-bond acceptors (Lipinski definition) is 4. The highest BCUT2D eigenvalue weighted by Gasteiger charge is 2.50. The van der Waals surface area contributed by atoms with Crippen LogP contribution in [0.1, 0.15) is 18.4 Å². The van der Waals surface area contributed by atoms with Crippen LogP contribution in [0.5, 0.6) is 5.75 Å². The fraction of sp³-hybridized carbons (Fsp3) is 0.588. The number of ether oxygens (including phenoxy) is 1. The topological polar surface area (TPSA) is 83.0 Å². The maximum atomic E-state index is 12.6. The number of alkyl halides is 3. The molecular formula is C17H26F3IN4O3S. The molecule has 0 unspecified atom stereocenters. The molecule has 1 saturated heterocycles. The van der Waals surface area contributed by atoms with Gasteiger partial charge in [0.05, 0.1) is 7.11 Å². The van der Waals surface area contributed by atoms with Gasteiger partial charge in [-0.05, 0) is 37.0 Å². The summed E-state index contributed by atoms with van der Waals surface area (Å²) < 4.78 is 66.4. The van der Waals surface area contributed by atoms with Crippen molar-refractivity contribution in [2.24, 2.45) is 4.99 Å². The van der Waals surface area contributed by atoms with Crippen molar-refractivity contribution in [2.75, 3.05) is 33.8 Å². The van der Waals surface area contributed by atoms with Crippen LogP contribution in [-0.4, -0.2) is 64.0 Å². The van der Waals surface area contributed by atoms with Crippen LogP contribution < -0.4 is 15.4 Å². The predicted molar refractivity (Wildman–Crippen MR) is 116 cm³/mol. The van der Waals surface area contributed by atoms with E-state index in [-0.39, 0.29) is 55.9 Å². The number of methoxy groups -OCH3 is 1. The van der Waals surface area contributed by atoms with Crippen LogP contribution in [0.25, 0.3) is 0 Å². The number of nitrogens with one attached hydrogen (secondary N) is 2. The monoisotopic (exact) mass is 550 g/mol. The lowest BCUT2D eigenvalue weighted by atomic mass is 10.1. The van der Waals surface area contributed by atoms with Gasteiger partial charge < -0.3 is 15.4 Å². The molecule has 0 aliphatic carbocycles. The van der Waals surface area contributed by atoms with Crippen LogP contribution in [0, 0.1) is 0 Å². The van der Waals surface area contributed by atoms with Crippen molar-refractivity contribution in [3.05, 3.63) is 29.8 Å². The molecule has 1 aliphatic rings. The molecule has 0 saturated carbocycles. The summed E-state index contributed by atoms with van der Waals surface area (Å²) in [5.74, 6) is 1.32. The Bertz CT molecular complexity index is 765. The standard InChI is InChI=1S/C17H25F3N4O3S.HI/c1-21-16(22-10-7-13-3-5-15(27-2)6-4-13)23-14-8-11-24(12-9-14)28(25,26)17(18,19)20;/h3-6,14H,7-12H2,1-2H3,(H2,21,22,23);1H. The predicted octanol–water partition coefficient (Wildman–Crippen LogP) is 2.33. The molecule has 12 heteroatoms. The van der Waals surface area contributed by atoms with E-state index in [1.54, 1.807) is 14.2 Å². The second kappa shape index (κ2) is 11.2. The van der Waals surface area contributed by atoms with Crippen LogP contribution in [0.3, 0.4) is 0 Å². The van der Waals surface area contributed by atoms with Crippen molar-refractivity contribution in [1.29, 1.82) is 0 Å². The van der Waals surface area contributed by atoms with Crippen LogP contribution in [-0.2, 0) is 16.4 Å². The summed E-state index contributed by atoms with van der Waals surface area (Å²) in [5, 5.41) is 6.29. The Hall–Kier alpha value is -1.28. The largest absolute Gasteiger partial charge is 0.511 e. The number of benzene rings is 1. The molecule has 1 fully saturated rings. The summed E-state index contributed by atoms with van der Waals surface area (Å²) in [7, 11) is -2.05. The minimum absolute atomic E-state index is 0. The average molecular weight is 550 g/mol. The number of aliphatic imine (C=N–C) groups is 1. The number of rotatable bonds is 6. The highest BCUT2D eigenvalue weighted by atomic mass is 127. The van der Waals surface area contributed by atoms with Gasteiger partial charge in [0.15, 0.2) is 5.96 Å². The lowest BCUT2D eigenvalue weighted by Crippen LogP contribution is -2.51. The minimum Gasteiger partial charge on any atom is -0.497 e. The number of hydrogen-bond donors (Lipinski definition) is 2. The normalized spacial score (nSPS) is 16.8. The second-order valence-corrected chi connectivity index (χ2v) is 8.29. The lowest BCUT2D eigenvalue weighted by Gasteiger charge is -2.32. The summed E-state index contributed by atoms with van der Waals surface area (Å²) >= 11 is 0. The van der Waals surface area contributed by atoms with E-state index < -0.39 is 15.5 Å². The molecule has 2 rings (SSSR count). The Kier molecular flexibility index (Phi) is 9.95. The van der Waals surface area contributed by atoms with Gasteiger partial charge in [-0.15, -0.1) is 24.0 Å². The molecule has 166 valence electrons. The summed E-state index contributed by atoms with van der Waals surface area (Å²) in [4.78, 5) is 4.11. The van der Waals surface area contributed by atoms with E-state index in [1.807, 2.05) is 24.3 Å². The zero-order valence-electron chi connectivity index (χ0n) is 16.2. The van der Waals surface area contributed by atoms with E-state index in [0.717, 1.165) is 17.7 Å². The molecule has 7 nitrogen and oxygen atoms in total. The Morgan fingerprint density at radius 2 is 1.83 bits per heavy atom. The molecule has 0 atom stereocenters. The van der Waals surface area contributed by atoms with Crippen molar-refractivity contribution in [3.63, 3.8) is 0 Å². The Morgan fingerprint density at radius 3 is 2.31 bits per heavy atom. The maximum Gasteiger partial charge on any atom is 0.511 e. The summed E-state index contributed by atoms with van der Waals surface area (Å²) in [5.41, 5.74) is -4.14. The van der Waals surface area contributed by atoms with Gasteiger partial charge in [-0.2, -0.15) is 17.5 Å². The molecule has 0 radical (unpaired) electrons. The smallest absolute Gasteiger partial charge is 0.497 e. The average Bonchev–Trinajstić information content (AvgIpc) is 2.67. The number of piperidine rings is 1. The van der Waals surface area contributed by atoms with E-state index in [1.165, 1.54) is 0 Å². The first-order chi connectivity index (χ1) is 13.2. The van der Waals surface area contributed by atoms with Gasteiger partial charge in [0.2, 0.25) is 0 Å². The Labute approximate surface area is 186 Å². The molecular weight excluding hydrogens is 524 g/mol. The molecule has 0 aromatic heterocycles. The molecule has 1 aromatic carbocycles. The lowest BCUT2D eigenvalue weighted by molar-refractivity contribution is -0.0494. The maximum absolute atomic E-state index is 12.6. The van der Waals surface area contributed by atoms with Gasteiger partial charge in [0.1, 0.15) is 5.75 Å². The number of guanidine groups is 1. The summed E-state index contributed by atoms with van der Waals surface area (Å²) in [6, 6.07) is 7.55. The fourth-order valence-electron chi connectivity index (χ4n) is 2.89. The molecule has 29 heavy (non-hydrogen) atoms. The van der Waals surface area contributed by atoms with Crippen molar-refractivity contribution >= 4 is 40.0 Å². The molecule has 1 aliphatic heterocycles. The second-order valence-electron chi connectivity index (χ2n) is 6.37. The van der Waals surface area contributed by atoms with Crippen molar-refractivity contribution in [2.45, 2.75) is 30.8 Å². The van der Waals surface area contributed by atoms with Crippen LogP contribution in [0.2, 0.25) is 0 Å². The first kappa shape index (κ1) is 25.8. The van der Waals surface area contributed by atoms with Gasteiger partial charge >= 0.3 is 15.5 Å². The Morgan fingerprint density at radius 1 is 1.24 bits per heavy atom. The van der Waals surface area contributed by atoms with Crippen molar-refractivity contribution in [3.8, 4) is 5.75 Å². The zero-order chi connectivity index (χ0) is 20.8. The van der Waals surface area contributed by atoms with Gasteiger partial charge in [-0.1, -0.05) is 12.1 Å². The molecule has 0 amide bonds. The quantitative estimate of drug-likeness (QED) is 0.323. The number of sulfonamides is 1. The molecule has 0 bridgehead atoms. The summed E-state index contributed by atoms with van der Waals surface area (Å²) in [6.07, 6.45) is 1.30. The summed E-state index contributed by atoms with van der Waals surface area (Å²) in [6.45, 7) is 0.262. The highest BCUT2D eigenvalue weighted by molar-refractivity contribution is 14.0. The fourth-order valence-corrected chi connectivity index (χ4v) is 3.88. The molecule has 2 N–H and O–H groups in total. The van der Waals surface area contributed by atoms with Crippen LogP contribution in [0.4, 0.5) is 13.2 Å². The third-order valence-corrected chi connectivity index (χ3v) is 6.15. The first-order valence-corrected chi connectivity index (χ1v) is 10.3. The SMILES string of the molecule is CN=C(NCCc1ccc(OC)cc1)NC1CCN(S(=O)(=O)C(F)(F)F)CC1.I. The number of halogens is 4. The molecule has 1 aromatic rings. The van der Waals surface area contributed by atoms with Crippen LogP contribution in [0.15, 0.2) is 29.3 Å². The van der Waals surface area contributed by atoms with Gasteiger partial charge in [0.25, 0.3) is 0 Å². The van der Waals surface area contributed by atoms with E-state index in [0.29, 0.717) is 16.8 Å². The molecule has 1 heterocycles. The zero-order valence-corrected chi connectivity index (χ0v) is 19.3. The van der Waals surface area contributed by atoms with E-state index in [4.69, 9.17) is 4.74 Å². The molecule has 0 spiro atoms. The third-order valence-electron chi connectivity index (χ3n) is 4.52. The van der Waals surface area contributed by atoms with E-state index >= 15 is 0 Å². The first-order valence-electron chi connectivity index (χ1n) is 8.84. The highest BCUT2D eigenvalue weighted by Crippen LogP contribution is 2.28. The van der Waals surface area contributed by atoms with Crippen molar-refractivity contribution in [1.82, 2.24) is 14.9 Å². The van der Waals surface area contributed by atoms with Crippen molar-refractivity contribution < 1.29 is 26.3 Å². The van der Waals surface area contributed by atoms with Gasteiger partial charge in [-0.25, -0.2) is 8.42 Å². The van der Waals surface area contributed by atoms with E-state index in [2.05, 4.69) is 15.6 Å². The Balaban J connectivity index is 0.00000420. The van der Waals surface area contributed by atoms with Crippen LogP contribution >= 0.6 is 24.0 Å². The minimum atomic E-state index is -5.26.